The van der Waals surface area contributed by atoms with E-state index in [2.05, 4.69) is 5.32 Å². The zero-order valence-electron chi connectivity index (χ0n) is 8.77. The quantitative estimate of drug-likeness (QED) is 0.441. The predicted octanol–water partition coefficient (Wildman–Crippen LogP) is -0.934. The molecule has 0 fully saturated rings. The van der Waals surface area contributed by atoms with Gasteiger partial charge in [-0.3, -0.25) is 4.79 Å². The lowest BCUT2D eigenvalue weighted by Gasteiger charge is -2.16. The first-order valence-corrected chi connectivity index (χ1v) is 4.92. The molecule has 0 unspecified atom stereocenters. The van der Waals surface area contributed by atoms with Gasteiger partial charge in [0.1, 0.15) is 6.04 Å². The van der Waals surface area contributed by atoms with E-state index in [-0.39, 0.29) is 13.0 Å². The summed E-state index contributed by atoms with van der Waals surface area (Å²) < 4.78 is 0. The van der Waals surface area contributed by atoms with Crippen molar-refractivity contribution in [2.24, 2.45) is 5.73 Å². The smallest absolute Gasteiger partial charge is 0.326 e. The molecule has 0 aliphatic heterocycles. The van der Waals surface area contributed by atoms with Crippen LogP contribution in [0.1, 0.15) is 26.2 Å². The Morgan fingerprint density at radius 3 is 2.40 bits per heavy atom. The molecule has 0 aliphatic carbocycles. The number of rotatable bonds is 7. The standard InChI is InChI=1S/C9H18N2O4/c1-2-3-6(10)8(13)11-7(4-5-12)9(14)15/h6-7,12H,2-5,10H2,1H3,(H,11,13)(H,14,15)/t6-,7+/m1/s1. The predicted molar refractivity (Wildman–Crippen MR) is 54.2 cm³/mol. The van der Waals surface area contributed by atoms with E-state index in [0.717, 1.165) is 6.42 Å². The monoisotopic (exact) mass is 218 g/mol. The van der Waals surface area contributed by atoms with Crippen LogP contribution in [-0.4, -0.2) is 40.8 Å². The number of nitrogens with one attached hydrogen (secondary N) is 1. The molecule has 88 valence electrons. The van der Waals surface area contributed by atoms with Crippen LogP contribution in [-0.2, 0) is 9.59 Å². The second-order valence-corrected chi connectivity index (χ2v) is 3.31. The number of hydrogen-bond acceptors (Lipinski definition) is 4. The molecule has 0 aromatic heterocycles. The fraction of sp³-hybridized carbons (Fsp3) is 0.778. The molecule has 0 spiro atoms. The first-order valence-electron chi connectivity index (χ1n) is 4.92. The van der Waals surface area contributed by atoms with Crippen LogP contribution >= 0.6 is 0 Å². The lowest BCUT2D eigenvalue weighted by molar-refractivity contribution is -0.142. The number of carboxylic acids is 1. The van der Waals surface area contributed by atoms with E-state index in [4.69, 9.17) is 15.9 Å². The Balaban J connectivity index is 4.15. The van der Waals surface area contributed by atoms with Crippen molar-refractivity contribution in [1.29, 1.82) is 0 Å². The van der Waals surface area contributed by atoms with Gasteiger partial charge in [-0.1, -0.05) is 13.3 Å². The Kier molecular flexibility index (Phi) is 6.64. The number of carbonyl (C=O) groups excluding carboxylic acids is 1. The van der Waals surface area contributed by atoms with Crippen molar-refractivity contribution in [1.82, 2.24) is 5.32 Å². The summed E-state index contributed by atoms with van der Waals surface area (Å²) in [5, 5.41) is 19.6. The molecule has 0 saturated heterocycles. The maximum Gasteiger partial charge on any atom is 0.326 e. The average molecular weight is 218 g/mol. The second kappa shape index (κ2) is 7.19. The van der Waals surface area contributed by atoms with E-state index in [0.29, 0.717) is 6.42 Å². The molecule has 1 amide bonds. The molecule has 0 radical (unpaired) electrons. The number of carboxylic acid groups (broad SMARTS) is 1. The summed E-state index contributed by atoms with van der Waals surface area (Å²) in [7, 11) is 0. The van der Waals surface area contributed by atoms with E-state index >= 15 is 0 Å². The Hall–Kier alpha value is -1.14. The fourth-order valence-corrected chi connectivity index (χ4v) is 1.11. The number of carbonyl (C=O) groups is 2. The second-order valence-electron chi connectivity index (χ2n) is 3.31. The topological polar surface area (TPSA) is 113 Å². The molecule has 6 heteroatoms. The molecule has 0 saturated carbocycles. The molecule has 0 bridgehead atoms. The van der Waals surface area contributed by atoms with Crippen molar-refractivity contribution in [2.45, 2.75) is 38.3 Å². The van der Waals surface area contributed by atoms with Crippen LogP contribution in [0.15, 0.2) is 0 Å². The van der Waals surface area contributed by atoms with Gasteiger partial charge in [0.2, 0.25) is 5.91 Å². The summed E-state index contributed by atoms with van der Waals surface area (Å²) in [5.41, 5.74) is 5.50. The van der Waals surface area contributed by atoms with Gasteiger partial charge in [-0.05, 0) is 6.42 Å². The maximum absolute atomic E-state index is 11.3. The van der Waals surface area contributed by atoms with Gasteiger partial charge in [0.15, 0.2) is 0 Å². The normalized spacial score (nSPS) is 14.3. The van der Waals surface area contributed by atoms with Gasteiger partial charge >= 0.3 is 5.97 Å². The molecule has 5 N–H and O–H groups in total. The van der Waals surface area contributed by atoms with Crippen molar-refractivity contribution in [3.05, 3.63) is 0 Å². The van der Waals surface area contributed by atoms with Crippen molar-refractivity contribution in [3.8, 4) is 0 Å². The molecule has 0 heterocycles. The first kappa shape index (κ1) is 13.9. The highest BCUT2D eigenvalue weighted by atomic mass is 16.4. The summed E-state index contributed by atoms with van der Waals surface area (Å²) in [6.07, 6.45) is 1.25. The average Bonchev–Trinajstić information content (AvgIpc) is 2.17. The highest BCUT2D eigenvalue weighted by molar-refractivity contribution is 5.86. The van der Waals surface area contributed by atoms with Crippen LogP contribution in [0.5, 0.6) is 0 Å². The third-order valence-electron chi connectivity index (χ3n) is 1.97. The van der Waals surface area contributed by atoms with Crippen LogP contribution < -0.4 is 11.1 Å². The number of nitrogens with two attached hydrogens (primary N) is 1. The van der Waals surface area contributed by atoms with Gasteiger partial charge in [-0.25, -0.2) is 4.79 Å². The zero-order chi connectivity index (χ0) is 11.8. The van der Waals surface area contributed by atoms with Crippen LogP contribution in [0, 0.1) is 0 Å². The van der Waals surface area contributed by atoms with Crippen molar-refractivity contribution in [3.63, 3.8) is 0 Å². The van der Waals surface area contributed by atoms with Gasteiger partial charge in [0, 0.05) is 13.0 Å². The number of aliphatic carboxylic acids is 1. The van der Waals surface area contributed by atoms with E-state index in [9.17, 15) is 9.59 Å². The number of amides is 1. The highest BCUT2D eigenvalue weighted by Crippen LogP contribution is 1.96. The summed E-state index contributed by atoms with van der Waals surface area (Å²) in [6, 6.07) is -1.75. The van der Waals surface area contributed by atoms with E-state index in [1.165, 1.54) is 0 Å². The van der Waals surface area contributed by atoms with E-state index < -0.39 is 24.0 Å². The third-order valence-corrected chi connectivity index (χ3v) is 1.97. The minimum atomic E-state index is -1.17. The van der Waals surface area contributed by atoms with Crippen LogP contribution in [0.3, 0.4) is 0 Å². The zero-order valence-corrected chi connectivity index (χ0v) is 8.77. The van der Waals surface area contributed by atoms with Gasteiger partial charge in [-0.2, -0.15) is 0 Å². The minimum Gasteiger partial charge on any atom is -0.480 e. The van der Waals surface area contributed by atoms with Crippen molar-refractivity contribution < 1.29 is 19.8 Å². The minimum absolute atomic E-state index is 0.0140. The number of aliphatic hydroxyl groups excluding tert-OH is 1. The Morgan fingerprint density at radius 2 is 2.00 bits per heavy atom. The highest BCUT2D eigenvalue weighted by Gasteiger charge is 2.21. The molecule has 15 heavy (non-hydrogen) atoms. The third kappa shape index (κ3) is 5.34. The molecule has 0 rings (SSSR count). The van der Waals surface area contributed by atoms with Gasteiger partial charge in [0.05, 0.1) is 6.04 Å². The summed E-state index contributed by atoms with van der Waals surface area (Å²) in [4.78, 5) is 22.0. The SMILES string of the molecule is CCC[C@@H](N)C(=O)N[C@@H](CCO)C(=O)O. The molecular formula is C9H18N2O4. The summed E-state index contributed by atoms with van der Waals surface area (Å²) in [5.74, 6) is -1.65. The van der Waals surface area contributed by atoms with Crippen molar-refractivity contribution >= 4 is 11.9 Å². The van der Waals surface area contributed by atoms with Crippen molar-refractivity contribution in [2.75, 3.05) is 6.61 Å². The first-order chi connectivity index (χ1) is 7.02. The lowest BCUT2D eigenvalue weighted by Crippen LogP contribution is -2.48. The Morgan fingerprint density at radius 1 is 1.40 bits per heavy atom. The van der Waals surface area contributed by atoms with Gasteiger partial charge in [0.25, 0.3) is 0 Å². The maximum atomic E-state index is 11.3. The lowest BCUT2D eigenvalue weighted by atomic mass is 10.1. The molecule has 0 aromatic rings. The molecule has 2 atom stereocenters. The van der Waals surface area contributed by atoms with E-state index in [1.807, 2.05) is 6.92 Å². The van der Waals surface area contributed by atoms with Gasteiger partial charge < -0.3 is 21.3 Å². The molecule has 6 nitrogen and oxygen atoms in total. The Bertz CT molecular complexity index is 220. The van der Waals surface area contributed by atoms with Gasteiger partial charge in [-0.15, -0.1) is 0 Å². The summed E-state index contributed by atoms with van der Waals surface area (Å²) in [6.45, 7) is 1.59. The molecule has 0 aromatic carbocycles. The van der Waals surface area contributed by atoms with Crippen LogP contribution in [0.2, 0.25) is 0 Å². The summed E-state index contributed by atoms with van der Waals surface area (Å²) >= 11 is 0. The van der Waals surface area contributed by atoms with Crippen LogP contribution in [0.25, 0.3) is 0 Å². The fourth-order valence-electron chi connectivity index (χ4n) is 1.11. The number of hydrogen-bond donors (Lipinski definition) is 4. The van der Waals surface area contributed by atoms with Crippen LogP contribution in [0.4, 0.5) is 0 Å². The molecule has 0 aliphatic rings. The molecular weight excluding hydrogens is 200 g/mol. The number of aliphatic hydroxyl groups is 1. The largest absolute Gasteiger partial charge is 0.480 e. The van der Waals surface area contributed by atoms with E-state index in [1.54, 1.807) is 0 Å². The Labute approximate surface area is 88.5 Å².